The number of aliphatic hydroxyl groups is 3. The topological polar surface area (TPSA) is 91.2 Å². The SMILES string of the molecule is CC1N[C@H]2[C@@H](O1)O[C@H](CO)[C@@H](O)[C@@H]2O. The van der Waals surface area contributed by atoms with Crippen molar-refractivity contribution in [2.75, 3.05) is 6.61 Å². The monoisotopic (exact) mass is 205 g/mol. The summed E-state index contributed by atoms with van der Waals surface area (Å²) < 4.78 is 10.6. The van der Waals surface area contributed by atoms with Crippen LogP contribution >= 0.6 is 0 Å². The third-order valence-electron chi connectivity index (χ3n) is 2.65. The van der Waals surface area contributed by atoms with Crippen LogP contribution in [0.4, 0.5) is 0 Å². The molecule has 0 spiro atoms. The number of ether oxygens (including phenoxy) is 2. The van der Waals surface area contributed by atoms with Crippen LogP contribution in [0.25, 0.3) is 0 Å². The number of hydrogen-bond acceptors (Lipinski definition) is 6. The Morgan fingerprint density at radius 3 is 2.57 bits per heavy atom. The van der Waals surface area contributed by atoms with Crippen LogP contribution in [-0.4, -0.2) is 58.8 Å². The number of aliphatic hydroxyl groups excluding tert-OH is 3. The van der Waals surface area contributed by atoms with E-state index in [2.05, 4.69) is 5.32 Å². The lowest BCUT2D eigenvalue weighted by atomic mass is 9.98. The molecule has 6 atom stereocenters. The van der Waals surface area contributed by atoms with Gasteiger partial charge in [0.25, 0.3) is 0 Å². The molecule has 14 heavy (non-hydrogen) atoms. The van der Waals surface area contributed by atoms with Crippen molar-refractivity contribution in [1.29, 1.82) is 0 Å². The van der Waals surface area contributed by atoms with Gasteiger partial charge in [-0.3, -0.25) is 5.32 Å². The minimum atomic E-state index is -1.08. The van der Waals surface area contributed by atoms with Gasteiger partial charge in [-0.05, 0) is 6.92 Å². The molecule has 2 heterocycles. The number of hydrogen-bond donors (Lipinski definition) is 4. The van der Waals surface area contributed by atoms with E-state index in [0.717, 1.165) is 0 Å². The number of fused-ring (bicyclic) bond motifs is 1. The minimum absolute atomic E-state index is 0.218. The zero-order valence-electron chi connectivity index (χ0n) is 7.83. The van der Waals surface area contributed by atoms with Crippen LogP contribution in [0.15, 0.2) is 0 Å². The zero-order chi connectivity index (χ0) is 10.3. The Bertz CT molecular complexity index is 212. The highest BCUT2D eigenvalue weighted by Crippen LogP contribution is 2.26. The van der Waals surface area contributed by atoms with Crippen LogP contribution in [0.5, 0.6) is 0 Å². The van der Waals surface area contributed by atoms with Gasteiger partial charge in [0.2, 0.25) is 0 Å². The van der Waals surface area contributed by atoms with E-state index in [1.165, 1.54) is 0 Å². The molecular weight excluding hydrogens is 190 g/mol. The second-order valence-electron chi connectivity index (χ2n) is 3.68. The third-order valence-corrected chi connectivity index (χ3v) is 2.65. The van der Waals surface area contributed by atoms with Gasteiger partial charge in [-0.25, -0.2) is 0 Å². The third kappa shape index (κ3) is 1.54. The fourth-order valence-electron chi connectivity index (χ4n) is 1.89. The lowest BCUT2D eigenvalue weighted by Crippen LogP contribution is -2.60. The highest BCUT2D eigenvalue weighted by molar-refractivity contribution is 4.96. The molecule has 2 rings (SSSR count). The molecule has 2 aliphatic heterocycles. The van der Waals surface area contributed by atoms with E-state index in [1.807, 2.05) is 0 Å². The molecule has 6 heteroatoms. The molecule has 2 saturated heterocycles. The lowest BCUT2D eigenvalue weighted by Gasteiger charge is -2.37. The average molecular weight is 205 g/mol. The molecule has 0 aromatic carbocycles. The summed E-state index contributed by atoms with van der Waals surface area (Å²) in [6.45, 7) is 1.45. The summed E-state index contributed by atoms with van der Waals surface area (Å²) in [6, 6.07) is -0.428. The van der Waals surface area contributed by atoms with Crippen LogP contribution in [-0.2, 0) is 9.47 Å². The van der Waals surface area contributed by atoms with Gasteiger partial charge in [-0.2, -0.15) is 0 Å². The first-order valence-electron chi connectivity index (χ1n) is 4.67. The summed E-state index contributed by atoms with van der Waals surface area (Å²) >= 11 is 0. The maximum absolute atomic E-state index is 9.68. The molecule has 0 aromatic rings. The van der Waals surface area contributed by atoms with Crippen molar-refractivity contribution < 1.29 is 24.8 Å². The molecule has 2 aliphatic rings. The van der Waals surface area contributed by atoms with Gasteiger partial charge in [-0.15, -0.1) is 0 Å². The smallest absolute Gasteiger partial charge is 0.178 e. The Labute approximate surface area is 81.4 Å². The summed E-state index contributed by atoms with van der Waals surface area (Å²) in [5.41, 5.74) is 0. The van der Waals surface area contributed by atoms with E-state index in [-0.39, 0.29) is 12.8 Å². The Hall–Kier alpha value is -0.240. The highest BCUT2D eigenvalue weighted by Gasteiger charge is 2.48. The lowest BCUT2D eigenvalue weighted by molar-refractivity contribution is -0.247. The fraction of sp³-hybridized carbons (Fsp3) is 1.00. The quantitative estimate of drug-likeness (QED) is 0.387. The summed E-state index contributed by atoms with van der Waals surface area (Å²) in [5.74, 6) is 0. The molecule has 0 bridgehead atoms. The molecule has 82 valence electrons. The molecule has 0 aliphatic carbocycles. The van der Waals surface area contributed by atoms with Gasteiger partial charge in [0.1, 0.15) is 24.5 Å². The van der Waals surface area contributed by atoms with Gasteiger partial charge in [0, 0.05) is 0 Å². The normalized spacial score (nSPS) is 53.1. The zero-order valence-corrected chi connectivity index (χ0v) is 7.83. The van der Waals surface area contributed by atoms with E-state index in [4.69, 9.17) is 14.6 Å². The van der Waals surface area contributed by atoms with Crippen LogP contribution in [0.2, 0.25) is 0 Å². The Kier molecular flexibility index (Phi) is 2.74. The molecule has 0 radical (unpaired) electrons. The van der Waals surface area contributed by atoms with Gasteiger partial charge < -0.3 is 24.8 Å². The van der Waals surface area contributed by atoms with Crippen molar-refractivity contribution in [1.82, 2.24) is 5.32 Å². The summed E-state index contributed by atoms with van der Waals surface area (Å²) in [7, 11) is 0. The largest absolute Gasteiger partial charge is 0.394 e. The van der Waals surface area contributed by atoms with Crippen molar-refractivity contribution in [3.05, 3.63) is 0 Å². The maximum atomic E-state index is 9.68. The van der Waals surface area contributed by atoms with Crippen molar-refractivity contribution in [2.24, 2.45) is 0 Å². The van der Waals surface area contributed by atoms with Crippen molar-refractivity contribution in [3.63, 3.8) is 0 Å². The average Bonchev–Trinajstić information content (AvgIpc) is 2.52. The van der Waals surface area contributed by atoms with E-state index >= 15 is 0 Å². The summed E-state index contributed by atoms with van der Waals surface area (Å²) in [4.78, 5) is 0. The molecule has 4 N–H and O–H groups in total. The second-order valence-corrected chi connectivity index (χ2v) is 3.68. The van der Waals surface area contributed by atoms with Gasteiger partial charge in [0.05, 0.1) is 12.6 Å². The Morgan fingerprint density at radius 2 is 1.93 bits per heavy atom. The Morgan fingerprint density at radius 1 is 1.21 bits per heavy atom. The van der Waals surface area contributed by atoms with E-state index in [0.29, 0.717) is 0 Å². The van der Waals surface area contributed by atoms with Crippen LogP contribution < -0.4 is 5.32 Å². The van der Waals surface area contributed by atoms with E-state index < -0.39 is 30.6 Å². The maximum Gasteiger partial charge on any atom is 0.178 e. The molecule has 0 aromatic heterocycles. The van der Waals surface area contributed by atoms with Crippen LogP contribution in [0, 0.1) is 0 Å². The van der Waals surface area contributed by atoms with E-state index in [9.17, 15) is 10.2 Å². The van der Waals surface area contributed by atoms with Gasteiger partial charge >= 0.3 is 0 Å². The summed E-state index contributed by atoms with van der Waals surface area (Å²) in [5, 5.41) is 31.1. The van der Waals surface area contributed by atoms with Crippen LogP contribution in [0.3, 0.4) is 0 Å². The number of rotatable bonds is 1. The first-order chi connectivity index (χ1) is 6.63. The van der Waals surface area contributed by atoms with Crippen molar-refractivity contribution in [3.8, 4) is 0 Å². The second kappa shape index (κ2) is 3.73. The molecular formula is C8H15NO5. The standard InChI is InChI=1S/C8H15NO5/c1-3-9-5-7(12)6(11)4(2-10)14-8(5)13-3/h3-12H,2H2,1H3/t3?,4-,5-,6-,7-,8+/m1/s1. The summed E-state index contributed by atoms with van der Waals surface area (Å²) in [6.07, 6.45) is -3.65. The van der Waals surface area contributed by atoms with Gasteiger partial charge in [-0.1, -0.05) is 0 Å². The predicted molar refractivity (Wildman–Crippen MR) is 45.2 cm³/mol. The molecule has 2 fully saturated rings. The first kappa shape index (κ1) is 10.3. The van der Waals surface area contributed by atoms with Crippen LogP contribution in [0.1, 0.15) is 6.92 Å². The molecule has 0 amide bonds. The number of nitrogens with one attached hydrogen (secondary N) is 1. The van der Waals surface area contributed by atoms with Crippen molar-refractivity contribution >= 4 is 0 Å². The molecule has 0 saturated carbocycles. The molecule has 6 nitrogen and oxygen atoms in total. The van der Waals surface area contributed by atoms with E-state index in [1.54, 1.807) is 6.92 Å². The minimum Gasteiger partial charge on any atom is -0.394 e. The Balaban J connectivity index is 2.09. The highest BCUT2D eigenvalue weighted by atomic mass is 16.7. The predicted octanol–water partition coefficient (Wildman–Crippen LogP) is -2.24. The van der Waals surface area contributed by atoms with Gasteiger partial charge in [0.15, 0.2) is 6.29 Å². The fourth-order valence-corrected chi connectivity index (χ4v) is 1.89. The molecule has 1 unspecified atom stereocenters. The van der Waals surface area contributed by atoms with Crippen molar-refractivity contribution in [2.45, 2.75) is 43.8 Å². The first-order valence-corrected chi connectivity index (χ1v) is 4.67.